The van der Waals surface area contributed by atoms with Crippen LogP contribution in [0.2, 0.25) is 0 Å². The molecule has 0 fully saturated rings. The lowest BCUT2D eigenvalue weighted by molar-refractivity contribution is -0.700. The van der Waals surface area contributed by atoms with E-state index in [1.54, 1.807) is 0 Å². The molecule has 2 nitrogen and oxygen atoms in total. The normalized spacial score (nSPS) is 9.00. The van der Waals surface area contributed by atoms with Crippen LogP contribution in [0.25, 0.3) is 0 Å². The van der Waals surface area contributed by atoms with Gasteiger partial charge in [-0.3, -0.25) is 0 Å². The van der Waals surface area contributed by atoms with Gasteiger partial charge < -0.3 is 24.0 Å². The highest BCUT2D eigenvalue weighted by Crippen LogP contribution is 1.92. The fraction of sp³-hybridized carbons (Fsp3) is 0.500. The predicted molar refractivity (Wildman–Crippen MR) is 39.6 cm³/mol. The summed E-state index contributed by atoms with van der Waals surface area (Å²) in [7, 11) is 0. The highest BCUT2D eigenvalue weighted by molar-refractivity contribution is 4.98. The highest BCUT2D eigenvalue weighted by atomic mass is 127. The van der Waals surface area contributed by atoms with Gasteiger partial charge in [-0.2, -0.15) is 4.57 Å². The molecule has 3 heteroatoms. The molecule has 0 spiro atoms. The second kappa shape index (κ2) is 4.64. The van der Waals surface area contributed by atoms with Crippen molar-refractivity contribution in [1.82, 2.24) is 4.98 Å². The van der Waals surface area contributed by atoms with E-state index in [0.29, 0.717) is 0 Å². The third-order valence-corrected chi connectivity index (χ3v) is 1.81. The molecule has 1 aromatic rings. The van der Waals surface area contributed by atoms with Crippen molar-refractivity contribution in [2.75, 3.05) is 0 Å². The lowest BCUT2D eigenvalue weighted by atomic mass is 10.3. The van der Waals surface area contributed by atoms with Crippen LogP contribution in [0.4, 0.5) is 0 Å². The van der Waals surface area contributed by atoms with Gasteiger partial charge in [0.2, 0.25) is 0 Å². The summed E-state index contributed by atoms with van der Waals surface area (Å²) in [6, 6.07) is 0. The summed E-state index contributed by atoms with van der Waals surface area (Å²) in [5, 5.41) is 0. The average molecular weight is 264 g/mol. The van der Waals surface area contributed by atoms with Crippen molar-refractivity contribution in [1.29, 1.82) is 0 Å². The van der Waals surface area contributed by atoms with Crippen LogP contribution in [-0.2, 0) is 6.54 Å². The van der Waals surface area contributed by atoms with Crippen molar-refractivity contribution in [3.05, 3.63) is 23.8 Å². The molecule has 62 valence electrons. The molecule has 0 radical (unpaired) electrons. The first-order valence-electron chi connectivity index (χ1n) is 3.57. The molecule has 0 aliphatic carbocycles. The first kappa shape index (κ1) is 10.8. The summed E-state index contributed by atoms with van der Waals surface area (Å²) >= 11 is 0. The number of aryl methyl sites for hydroxylation is 2. The van der Waals surface area contributed by atoms with Gasteiger partial charge >= 0.3 is 0 Å². The Kier molecular flexibility index (Phi) is 4.56. The number of hydrogen-bond acceptors (Lipinski definition) is 1. The number of nitrogens with zero attached hydrogens (tertiary/aromatic N) is 2. The van der Waals surface area contributed by atoms with Gasteiger partial charge in [-0.25, -0.2) is 4.98 Å². The molecule has 0 aliphatic rings. The Labute approximate surface area is 84.7 Å². The topological polar surface area (TPSA) is 16.8 Å². The Balaban J connectivity index is 0.000001000. The zero-order valence-electron chi connectivity index (χ0n) is 7.13. The van der Waals surface area contributed by atoms with Gasteiger partial charge in [0.1, 0.15) is 12.2 Å². The smallest absolute Gasteiger partial charge is 0.199 e. The van der Waals surface area contributed by atoms with Crippen LogP contribution in [0.15, 0.2) is 12.4 Å². The largest absolute Gasteiger partial charge is 1.00 e. The second-order valence-corrected chi connectivity index (χ2v) is 2.38. The lowest BCUT2D eigenvalue weighted by Crippen LogP contribution is -3.00. The molecule has 0 unspecified atom stereocenters. The fourth-order valence-corrected chi connectivity index (χ4v) is 0.981. The number of hydrogen-bond donors (Lipinski definition) is 0. The van der Waals surface area contributed by atoms with Crippen LogP contribution < -0.4 is 28.5 Å². The summed E-state index contributed by atoms with van der Waals surface area (Å²) in [5.74, 6) is 0. The average Bonchev–Trinajstić information content (AvgIpc) is 1.95. The van der Waals surface area contributed by atoms with Gasteiger partial charge in [0, 0.05) is 6.92 Å². The molecule has 0 N–H and O–H groups in total. The minimum Gasteiger partial charge on any atom is -1.00 e. The maximum Gasteiger partial charge on any atom is 0.199 e. The molecule has 0 aliphatic heterocycles. The summed E-state index contributed by atoms with van der Waals surface area (Å²) < 4.78 is 2.18. The highest BCUT2D eigenvalue weighted by Gasteiger charge is 2.04. The fourth-order valence-electron chi connectivity index (χ4n) is 0.981. The standard InChI is InChI=1S/C8H13N2.HI/c1-4-10-6-5-9-7(2)8(10)3;/h5-6H,4H2,1-3H3;1H/q+1;/p-1. The third-order valence-electron chi connectivity index (χ3n) is 1.81. The monoisotopic (exact) mass is 264 g/mol. The van der Waals surface area contributed by atoms with Gasteiger partial charge in [0.25, 0.3) is 0 Å². The minimum atomic E-state index is 0. The summed E-state index contributed by atoms with van der Waals surface area (Å²) in [6.07, 6.45) is 3.84. The van der Waals surface area contributed by atoms with Crippen LogP contribution in [-0.4, -0.2) is 4.98 Å². The summed E-state index contributed by atoms with van der Waals surface area (Å²) in [6.45, 7) is 7.27. The van der Waals surface area contributed by atoms with E-state index in [-0.39, 0.29) is 24.0 Å². The lowest BCUT2D eigenvalue weighted by Gasteiger charge is -1.97. The second-order valence-electron chi connectivity index (χ2n) is 2.38. The summed E-state index contributed by atoms with van der Waals surface area (Å²) in [4.78, 5) is 4.17. The first-order valence-corrected chi connectivity index (χ1v) is 3.57. The Bertz CT molecular complexity index is 236. The molecule has 0 aromatic carbocycles. The molecule has 1 heterocycles. The number of rotatable bonds is 1. The van der Waals surface area contributed by atoms with E-state index in [9.17, 15) is 0 Å². The number of aromatic nitrogens is 2. The van der Waals surface area contributed by atoms with Gasteiger partial charge in [-0.15, -0.1) is 0 Å². The third kappa shape index (κ3) is 2.39. The SMILES string of the molecule is CC[n+]1ccnc(C)c1C.[I-]. The van der Waals surface area contributed by atoms with Gasteiger partial charge in [-0.05, 0) is 13.8 Å². The van der Waals surface area contributed by atoms with Crippen molar-refractivity contribution in [3.63, 3.8) is 0 Å². The van der Waals surface area contributed by atoms with Crippen molar-refractivity contribution >= 4 is 0 Å². The van der Waals surface area contributed by atoms with E-state index >= 15 is 0 Å². The van der Waals surface area contributed by atoms with E-state index < -0.39 is 0 Å². The minimum absolute atomic E-state index is 0. The van der Waals surface area contributed by atoms with E-state index in [2.05, 4.69) is 23.4 Å². The molecule has 0 saturated carbocycles. The van der Waals surface area contributed by atoms with Crippen LogP contribution in [0.3, 0.4) is 0 Å². The Hall–Kier alpha value is -0.190. The van der Waals surface area contributed by atoms with Crippen LogP contribution in [0.5, 0.6) is 0 Å². The van der Waals surface area contributed by atoms with E-state index in [1.165, 1.54) is 5.69 Å². The van der Waals surface area contributed by atoms with Gasteiger partial charge in [0.05, 0.1) is 6.20 Å². The first-order chi connectivity index (χ1) is 4.75. The molecule has 0 bridgehead atoms. The molecule has 0 saturated heterocycles. The summed E-state index contributed by atoms with van der Waals surface area (Å²) in [5.41, 5.74) is 2.37. The molecular weight excluding hydrogens is 251 g/mol. The quantitative estimate of drug-likeness (QED) is 0.424. The van der Waals surface area contributed by atoms with Crippen LogP contribution >= 0.6 is 0 Å². The van der Waals surface area contributed by atoms with Crippen molar-refractivity contribution < 1.29 is 28.5 Å². The predicted octanol–water partition coefficient (Wildman–Crippen LogP) is -1.99. The van der Waals surface area contributed by atoms with Gasteiger partial charge in [-0.1, -0.05) is 0 Å². The van der Waals surface area contributed by atoms with E-state index in [4.69, 9.17) is 0 Å². The zero-order chi connectivity index (χ0) is 7.56. The molecule has 11 heavy (non-hydrogen) atoms. The molecule has 0 atom stereocenters. The van der Waals surface area contributed by atoms with Crippen LogP contribution in [0.1, 0.15) is 18.3 Å². The van der Waals surface area contributed by atoms with Crippen molar-refractivity contribution in [3.8, 4) is 0 Å². The van der Waals surface area contributed by atoms with E-state index in [1.807, 2.05) is 19.3 Å². The maximum atomic E-state index is 4.17. The number of halogens is 1. The molecular formula is C8H13IN2. The molecule has 1 rings (SSSR count). The molecule has 1 aromatic heterocycles. The molecule has 0 amide bonds. The van der Waals surface area contributed by atoms with Crippen LogP contribution in [0, 0.1) is 13.8 Å². The maximum absolute atomic E-state index is 4.17. The Morgan fingerprint density at radius 1 is 1.45 bits per heavy atom. The van der Waals surface area contributed by atoms with Gasteiger partial charge in [0.15, 0.2) is 11.9 Å². The van der Waals surface area contributed by atoms with Crippen molar-refractivity contribution in [2.45, 2.75) is 27.3 Å². The van der Waals surface area contributed by atoms with Crippen molar-refractivity contribution in [2.24, 2.45) is 0 Å². The Morgan fingerprint density at radius 3 is 2.55 bits per heavy atom. The Morgan fingerprint density at radius 2 is 2.09 bits per heavy atom. The van der Waals surface area contributed by atoms with E-state index in [0.717, 1.165) is 12.2 Å². The zero-order valence-corrected chi connectivity index (χ0v) is 9.29.